The van der Waals surface area contributed by atoms with Crippen LogP contribution in [-0.4, -0.2) is 0 Å². The maximum Gasteiger partial charge on any atom is 0.127 e. The van der Waals surface area contributed by atoms with Crippen LogP contribution in [0.3, 0.4) is 0 Å². The minimum atomic E-state index is -0.993. The summed E-state index contributed by atoms with van der Waals surface area (Å²) < 4.78 is 0.821. The lowest BCUT2D eigenvalue weighted by Crippen LogP contribution is -2.30. The van der Waals surface area contributed by atoms with Crippen molar-refractivity contribution in [2.45, 2.75) is 12.5 Å². The first kappa shape index (κ1) is 10.5. The Kier molecular flexibility index (Phi) is 2.97. The number of hydrogen-bond acceptors (Lipinski definition) is 2. The fourth-order valence-corrected chi connectivity index (χ4v) is 1.78. The van der Waals surface area contributed by atoms with Crippen molar-refractivity contribution >= 4 is 27.5 Å². The second-order valence-electron chi connectivity index (χ2n) is 2.97. The van der Waals surface area contributed by atoms with Crippen molar-refractivity contribution in [3.63, 3.8) is 0 Å². The van der Waals surface area contributed by atoms with E-state index in [0.29, 0.717) is 10.6 Å². The minimum Gasteiger partial charge on any atom is -0.310 e. The van der Waals surface area contributed by atoms with E-state index in [1.807, 2.05) is 6.07 Å². The van der Waals surface area contributed by atoms with Gasteiger partial charge >= 0.3 is 0 Å². The van der Waals surface area contributed by atoms with Gasteiger partial charge < -0.3 is 5.73 Å². The van der Waals surface area contributed by atoms with Crippen LogP contribution in [0.2, 0.25) is 5.02 Å². The molecule has 0 heterocycles. The van der Waals surface area contributed by atoms with E-state index < -0.39 is 5.54 Å². The van der Waals surface area contributed by atoms with Gasteiger partial charge in [0, 0.05) is 9.50 Å². The van der Waals surface area contributed by atoms with Crippen LogP contribution >= 0.6 is 27.5 Å². The number of nitriles is 1. The molecule has 0 radical (unpaired) electrons. The molecule has 0 bridgehead atoms. The molecule has 1 aromatic rings. The van der Waals surface area contributed by atoms with E-state index in [1.165, 1.54) is 0 Å². The normalized spacial score (nSPS) is 14.7. The highest BCUT2D eigenvalue weighted by Gasteiger charge is 2.20. The van der Waals surface area contributed by atoms with E-state index >= 15 is 0 Å². The maximum absolute atomic E-state index is 8.80. The molecule has 0 aliphatic heterocycles. The molecular formula is C9H8BrClN2. The molecule has 0 aromatic heterocycles. The van der Waals surface area contributed by atoms with Gasteiger partial charge in [0.1, 0.15) is 5.54 Å². The number of nitrogens with zero attached hydrogens (tertiary/aromatic N) is 1. The monoisotopic (exact) mass is 258 g/mol. The topological polar surface area (TPSA) is 49.8 Å². The molecule has 0 aliphatic carbocycles. The van der Waals surface area contributed by atoms with Gasteiger partial charge in [0.25, 0.3) is 0 Å². The third kappa shape index (κ3) is 2.44. The van der Waals surface area contributed by atoms with Gasteiger partial charge in [-0.05, 0) is 30.7 Å². The van der Waals surface area contributed by atoms with E-state index in [-0.39, 0.29) is 0 Å². The summed E-state index contributed by atoms with van der Waals surface area (Å²) >= 11 is 9.10. The van der Waals surface area contributed by atoms with Crippen molar-refractivity contribution in [3.8, 4) is 6.07 Å². The molecule has 1 aromatic carbocycles. The molecule has 68 valence electrons. The van der Waals surface area contributed by atoms with Crippen LogP contribution in [0.4, 0.5) is 0 Å². The molecule has 1 atom stereocenters. The minimum absolute atomic E-state index is 0.566. The van der Waals surface area contributed by atoms with E-state index in [0.717, 1.165) is 4.47 Å². The summed E-state index contributed by atoms with van der Waals surface area (Å²) in [5.74, 6) is 0. The van der Waals surface area contributed by atoms with E-state index in [9.17, 15) is 0 Å². The summed E-state index contributed by atoms with van der Waals surface area (Å²) in [4.78, 5) is 0. The molecule has 0 spiro atoms. The Balaban J connectivity index is 3.25. The SMILES string of the molecule is CC(N)(C#N)c1cc(Cl)cc(Br)c1. The van der Waals surface area contributed by atoms with Gasteiger partial charge in [0.15, 0.2) is 0 Å². The first-order valence-corrected chi connectivity index (χ1v) is 4.79. The second kappa shape index (κ2) is 3.67. The van der Waals surface area contributed by atoms with Crippen molar-refractivity contribution in [2.75, 3.05) is 0 Å². The Morgan fingerprint density at radius 1 is 1.54 bits per heavy atom. The highest BCUT2D eigenvalue weighted by Crippen LogP contribution is 2.25. The Morgan fingerprint density at radius 2 is 2.15 bits per heavy atom. The third-order valence-corrected chi connectivity index (χ3v) is 2.37. The Hall–Kier alpha value is -0.560. The summed E-state index contributed by atoms with van der Waals surface area (Å²) in [6.45, 7) is 1.64. The molecule has 4 heteroatoms. The maximum atomic E-state index is 8.80. The molecule has 0 aliphatic rings. The lowest BCUT2D eigenvalue weighted by atomic mass is 9.95. The van der Waals surface area contributed by atoms with Crippen LogP contribution in [0.5, 0.6) is 0 Å². The third-order valence-electron chi connectivity index (χ3n) is 1.69. The molecule has 1 unspecified atom stereocenters. The molecule has 13 heavy (non-hydrogen) atoms. The Bertz CT molecular complexity index is 348. The molecule has 0 amide bonds. The van der Waals surface area contributed by atoms with Crippen molar-refractivity contribution in [3.05, 3.63) is 33.3 Å². The predicted octanol–water partition coefficient (Wildman–Crippen LogP) is 2.80. The van der Waals surface area contributed by atoms with Crippen molar-refractivity contribution < 1.29 is 0 Å². The smallest absolute Gasteiger partial charge is 0.127 e. The summed E-state index contributed by atoms with van der Waals surface area (Å²) in [6, 6.07) is 7.24. The van der Waals surface area contributed by atoms with Crippen LogP contribution in [0.15, 0.2) is 22.7 Å². The highest BCUT2D eigenvalue weighted by atomic mass is 79.9. The fourth-order valence-electron chi connectivity index (χ4n) is 0.918. The van der Waals surface area contributed by atoms with Gasteiger partial charge in [0.05, 0.1) is 6.07 Å². The largest absolute Gasteiger partial charge is 0.310 e. The summed E-state index contributed by atoms with van der Waals surface area (Å²) in [7, 11) is 0. The molecule has 2 N–H and O–H groups in total. The first-order chi connectivity index (χ1) is 5.95. The second-order valence-corrected chi connectivity index (χ2v) is 4.32. The number of benzene rings is 1. The number of halogens is 2. The standard InChI is InChI=1S/C9H8BrClN2/c1-9(13,5-12)6-2-7(10)4-8(11)3-6/h2-4H,13H2,1H3. The van der Waals surface area contributed by atoms with Gasteiger partial charge in [-0.1, -0.05) is 27.5 Å². The molecular weight excluding hydrogens is 251 g/mol. The van der Waals surface area contributed by atoms with Crippen LogP contribution in [-0.2, 0) is 5.54 Å². The first-order valence-electron chi connectivity index (χ1n) is 3.62. The summed E-state index contributed by atoms with van der Waals surface area (Å²) in [5.41, 5.74) is 5.44. The van der Waals surface area contributed by atoms with Crippen LogP contribution < -0.4 is 5.73 Å². The van der Waals surface area contributed by atoms with Crippen molar-refractivity contribution in [1.82, 2.24) is 0 Å². The van der Waals surface area contributed by atoms with Gasteiger partial charge in [-0.15, -0.1) is 0 Å². The van der Waals surface area contributed by atoms with Gasteiger partial charge in [0.2, 0.25) is 0 Å². The van der Waals surface area contributed by atoms with E-state index in [2.05, 4.69) is 15.9 Å². The highest BCUT2D eigenvalue weighted by molar-refractivity contribution is 9.10. The number of hydrogen-bond donors (Lipinski definition) is 1. The van der Waals surface area contributed by atoms with Gasteiger partial charge in [-0.3, -0.25) is 0 Å². The van der Waals surface area contributed by atoms with Crippen LogP contribution in [0, 0.1) is 11.3 Å². The van der Waals surface area contributed by atoms with Gasteiger partial charge in [-0.25, -0.2) is 0 Å². The quantitative estimate of drug-likeness (QED) is 0.843. The molecule has 2 nitrogen and oxygen atoms in total. The zero-order valence-corrected chi connectivity index (χ0v) is 9.35. The van der Waals surface area contributed by atoms with Gasteiger partial charge in [-0.2, -0.15) is 5.26 Å². The average molecular weight is 260 g/mol. The summed E-state index contributed by atoms with van der Waals surface area (Å²) in [5, 5.41) is 9.36. The zero-order valence-electron chi connectivity index (χ0n) is 7.01. The van der Waals surface area contributed by atoms with E-state index in [4.69, 9.17) is 22.6 Å². The average Bonchev–Trinajstić information content (AvgIpc) is 2.02. The molecule has 0 saturated heterocycles. The predicted molar refractivity (Wildman–Crippen MR) is 56.3 cm³/mol. The molecule has 0 saturated carbocycles. The van der Waals surface area contributed by atoms with Crippen LogP contribution in [0.1, 0.15) is 12.5 Å². The molecule has 1 rings (SSSR count). The lowest BCUT2D eigenvalue weighted by molar-refractivity contribution is 0.646. The Morgan fingerprint density at radius 3 is 2.62 bits per heavy atom. The number of nitrogens with two attached hydrogens (primary N) is 1. The lowest BCUT2D eigenvalue weighted by Gasteiger charge is -2.16. The Labute approximate surface area is 90.4 Å². The molecule has 0 fully saturated rings. The number of rotatable bonds is 1. The summed E-state index contributed by atoms with van der Waals surface area (Å²) in [6.07, 6.45) is 0. The zero-order chi connectivity index (χ0) is 10.1. The van der Waals surface area contributed by atoms with Crippen LogP contribution in [0.25, 0.3) is 0 Å². The van der Waals surface area contributed by atoms with E-state index in [1.54, 1.807) is 25.1 Å². The van der Waals surface area contributed by atoms with Crippen molar-refractivity contribution in [1.29, 1.82) is 5.26 Å². The fraction of sp³-hybridized carbons (Fsp3) is 0.222. The van der Waals surface area contributed by atoms with Crippen molar-refractivity contribution in [2.24, 2.45) is 5.73 Å².